The molecule has 2 amide bonds. The number of carbonyl (C=O) groups excluding carboxylic acids is 1. The Labute approximate surface area is 431 Å². The van der Waals surface area contributed by atoms with Crippen LogP contribution in [0.2, 0.25) is 0 Å². The molecule has 10 N–H and O–H groups in total. The van der Waals surface area contributed by atoms with Gasteiger partial charge in [0.25, 0.3) is 0 Å². The number of urea groups is 1. The molecule has 0 unspecified atom stereocenters. The van der Waals surface area contributed by atoms with Gasteiger partial charge >= 0.3 is 18.4 Å². The third kappa shape index (κ3) is 23.0. The molecule has 0 aliphatic rings. The van der Waals surface area contributed by atoms with E-state index >= 15 is 0 Å². The molecule has 406 valence electrons. The molecule has 0 atom stereocenters. The average Bonchev–Trinajstić information content (AvgIpc) is 3.29. The number of aromatic nitrogens is 10. The fraction of sp³-hybridized carbons (Fsp3) is 0.471. The van der Waals surface area contributed by atoms with Gasteiger partial charge in [0.1, 0.15) is 17.3 Å². The zero-order valence-electron chi connectivity index (χ0n) is 45.2. The minimum atomic E-state index is -4.48. The van der Waals surface area contributed by atoms with Crippen LogP contribution in [0.15, 0.2) is 61.4 Å². The number of pyridine rings is 2. The topological polar surface area (TPSA) is 274 Å². The number of nitrogens with two attached hydrogens (primary N) is 4. The molecule has 6 heterocycles. The number of hydrogen-bond acceptors (Lipinski definition) is 15. The van der Waals surface area contributed by atoms with Gasteiger partial charge in [-0.3, -0.25) is 15.3 Å². The zero-order chi connectivity index (χ0) is 56.8. The summed E-state index contributed by atoms with van der Waals surface area (Å²) < 4.78 is 74.7. The molecule has 0 aliphatic heterocycles. The van der Waals surface area contributed by atoms with Crippen LogP contribution >= 0.6 is 0 Å². The fourth-order valence-corrected chi connectivity index (χ4v) is 6.06. The SMILES string of the molecule is CC(C)c1ccc(N)nc1C(F)(F)F.CC(C)c1cnc(N)nc1C(F)(F)F.CNC(=O)Nc1ncc(C(C)C)cn1.Cc1cnc(C(C)C)cn1.Cc1nc(N)ccc1C(C)C.Cc1nc(N)ncc1C(C)C. The van der Waals surface area contributed by atoms with E-state index in [0.717, 1.165) is 34.5 Å². The lowest BCUT2D eigenvalue weighted by Gasteiger charge is -2.14. The Kier molecular flexibility index (Phi) is 26.2. The number of anilines is 5. The van der Waals surface area contributed by atoms with Crippen LogP contribution in [0, 0.1) is 20.8 Å². The Morgan fingerprint density at radius 2 is 0.919 bits per heavy atom. The second-order valence-electron chi connectivity index (χ2n) is 18.4. The Bertz CT molecular complexity index is 2500. The van der Waals surface area contributed by atoms with E-state index in [4.69, 9.17) is 22.9 Å². The lowest BCUT2D eigenvalue weighted by Crippen LogP contribution is -2.25. The van der Waals surface area contributed by atoms with Gasteiger partial charge in [-0.05, 0) is 90.7 Å². The van der Waals surface area contributed by atoms with E-state index in [-0.39, 0.29) is 40.8 Å². The summed E-state index contributed by atoms with van der Waals surface area (Å²) in [4.78, 5) is 49.5. The Hall–Kier alpha value is -7.33. The van der Waals surface area contributed by atoms with E-state index in [2.05, 4.69) is 116 Å². The van der Waals surface area contributed by atoms with Gasteiger partial charge in [-0.1, -0.05) is 95.2 Å². The highest BCUT2D eigenvalue weighted by molar-refractivity contribution is 5.86. The molecule has 6 rings (SSSR count). The van der Waals surface area contributed by atoms with Gasteiger partial charge in [-0.2, -0.15) is 26.3 Å². The molecule has 0 aliphatic carbocycles. The predicted molar refractivity (Wildman–Crippen MR) is 281 cm³/mol. The summed E-state index contributed by atoms with van der Waals surface area (Å²) in [5.41, 5.74) is 27.2. The van der Waals surface area contributed by atoms with E-state index in [9.17, 15) is 31.1 Å². The number of nitrogen functional groups attached to an aromatic ring is 4. The first-order chi connectivity index (χ1) is 34.2. The third-order valence-corrected chi connectivity index (χ3v) is 10.2. The van der Waals surface area contributed by atoms with E-state index in [1.165, 1.54) is 30.3 Å². The maximum atomic E-state index is 12.5. The van der Waals surface area contributed by atoms with Crippen LogP contribution in [0.5, 0.6) is 0 Å². The highest BCUT2D eigenvalue weighted by Gasteiger charge is 2.37. The lowest BCUT2D eigenvalue weighted by atomic mass is 10.0. The number of nitrogens with zero attached hydrogens (tertiary/aromatic N) is 10. The van der Waals surface area contributed by atoms with Crippen molar-refractivity contribution in [1.82, 2.24) is 55.2 Å². The standard InChI is InChI=1S/C9H11F3N2.C9H14N4O.C9H14N2.C8H10F3N3.C8H13N3.C8H12N2/c1-5(2)6-3-4-7(13)14-8(6)9(10,11)12;1-6(2)7-4-11-8(12-5-7)13-9(14)10-3;1-6(2)8-4-5-9(10)11-7(8)3;1-4(2)5-3-13-7(12)14-6(5)8(9,10)11;1-5(2)7-4-10-8(9)11-6(7)3;1-6(2)8-5-9-7(3)4-10-8/h3-5H,1-2H3,(H2,13,14);4-6H,1-3H3,(H2,10,11,12,13,14);4-6H,1-3H3,(H2,10,11);3-4H,1-2H3,(H2,12,13,14);4-5H,1-3H3,(H2,9,10,11);4-6H,1-3H3. The molecule has 0 spiro atoms. The van der Waals surface area contributed by atoms with Crippen LogP contribution in [-0.2, 0) is 12.4 Å². The van der Waals surface area contributed by atoms with Crippen LogP contribution in [-0.4, -0.2) is 62.9 Å². The van der Waals surface area contributed by atoms with Gasteiger partial charge in [0.05, 0.1) is 11.4 Å². The minimum absolute atomic E-state index is 0.0618. The number of rotatable bonds is 7. The van der Waals surface area contributed by atoms with Gasteiger partial charge in [0.15, 0.2) is 5.69 Å². The summed E-state index contributed by atoms with van der Waals surface area (Å²) in [6, 6.07) is 6.33. The molecule has 6 aromatic heterocycles. The van der Waals surface area contributed by atoms with Gasteiger partial charge < -0.3 is 28.3 Å². The van der Waals surface area contributed by atoms with Crippen LogP contribution in [0.3, 0.4) is 0 Å². The normalized spacial score (nSPS) is 11.0. The summed E-state index contributed by atoms with van der Waals surface area (Å²) in [6.07, 6.45) is 1.06. The Balaban J connectivity index is 0.000000446. The number of halogens is 6. The maximum Gasteiger partial charge on any atom is 0.433 e. The van der Waals surface area contributed by atoms with Crippen molar-refractivity contribution >= 4 is 35.5 Å². The monoisotopic (exact) mass is 1040 g/mol. The molecular formula is C51H74F6N16O. The molecule has 0 saturated carbocycles. The molecular weight excluding hydrogens is 967 g/mol. The van der Waals surface area contributed by atoms with E-state index in [0.29, 0.717) is 41.4 Å². The second kappa shape index (κ2) is 30.0. The lowest BCUT2D eigenvalue weighted by molar-refractivity contribution is -0.142. The first-order valence-electron chi connectivity index (χ1n) is 23.6. The van der Waals surface area contributed by atoms with Crippen molar-refractivity contribution in [1.29, 1.82) is 0 Å². The molecule has 0 radical (unpaired) electrons. The number of hydrogen-bond donors (Lipinski definition) is 6. The van der Waals surface area contributed by atoms with Crippen molar-refractivity contribution < 1.29 is 31.1 Å². The highest BCUT2D eigenvalue weighted by atomic mass is 19.4. The smallest absolute Gasteiger partial charge is 0.384 e. The number of amides is 2. The first-order valence-corrected chi connectivity index (χ1v) is 23.6. The molecule has 0 fully saturated rings. The predicted octanol–water partition coefficient (Wildman–Crippen LogP) is 11.9. The summed E-state index contributed by atoms with van der Waals surface area (Å²) in [6.45, 7) is 29.4. The molecule has 0 aromatic carbocycles. The molecule has 17 nitrogen and oxygen atoms in total. The van der Waals surface area contributed by atoms with Crippen molar-refractivity contribution in [3.63, 3.8) is 0 Å². The quantitative estimate of drug-likeness (QED) is 0.0811. The van der Waals surface area contributed by atoms with Crippen molar-refractivity contribution in [2.45, 2.75) is 152 Å². The second-order valence-corrected chi connectivity index (χ2v) is 18.4. The number of aryl methyl sites for hydroxylation is 3. The minimum Gasteiger partial charge on any atom is -0.384 e. The molecule has 74 heavy (non-hydrogen) atoms. The van der Waals surface area contributed by atoms with E-state index in [1.807, 2.05) is 39.1 Å². The van der Waals surface area contributed by atoms with Crippen LogP contribution in [0.25, 0.3) is 0 Å². The molecule has 6 aromatic rings. The summed E-state index contributed by atoms with van der Waals surface area (Å²) in [5, 5.41) is 4.91. The van der Waals surface area contributed by atoms with Crippen molar-refractivity contribution in [3.8, 4) is 0 Å². The zero-order valence-corrected chi connectivity index (χ0v) is 45.2. The van der Waals surface area contributed by atoms with Gasteiger partial charge in [0.2, 0.25) is 17.8 Å². The third-order valence-electron chi connectivity index (χ3n) is 10.2. The first kappa shape index (κ1) is 64.7. The van der Waals surface area contributed by atoms with Crippen molar-refractivity contribution in [2.75, 3.05) is 35.3 Å². The number of carbonyl (C=O) groups is 1. The van der Waals surface area contributed by atoms with E-state index < -0.39 is 23.7 Å². The van der Waals surface area contributed by atoms with Crippen molar-refractivity contribution in [2.24, 2.45) is 0 Å². The molecule has 23 heteroatoms. The fourth-order valence-electron chi connectivity index (χ4n) is 6.06. The van der Waals surface area contributed by atoms with E-state index in [1.54, 1.807) is 52.5 Å². The Morgan fingerprint density at radius 1 is 0.473 bits per heavy atom. The number of alkyl halides is 6. The summed E-state index contributed by atoms with van der Waals surface area (Å²) in [5.74, 6) is 2.17. The van der Waals surface area contributed by atoms with Crippen LogP contribution in [0.4, 0.5) is 60.6 Å². The van der Waals surface area contributed by atoms with Gasteiger partial charge in [-0.15, -0.1) is 0 Å². The van der Waals surface area contributed by atoms with Gasteiger partial charge in [0, 0.05) is 61.2 Å². The van der Waals surface area contributed by atoms with Gasteiger partial charge in [-0.25, -0.2) is 44.7 Å². The summed E-state index contributed by atoms with van der Waals surface area (Å²) in [7, 11) is 1.54. The van der Waals surface area contributed by atoms with Crippen molar-refractivity contribution in [3.05, 3.63) is 123 Å². The highest BCUT2D eigenvalue weighted by Crippen LogP contribution is 2.35. The molecule has 0 bridgehead atoms. The molecule has 0 saturated heterocycles. The Morgan fingerprint density at radius 3 is 1.32 bits per heavy atom. The maximum absolute atomic E-state index is 12.5. The van der Waals surface area contributed by atoms with Crippen LogP contribution < -0.4 is 33.6 Å². The van der Waals surface area contributed by atoms with Crippen LogP contribution in [0.1, 0.15) is 181 Å². The summed E-state index contributed by atoms with van der Waals surface area (Å²) >= 11 is 0. The average molecular weight is 1040 g/mol. The number of nitrogens with one attached hydrogen (secondary N) is 2. The largest absolute Gasteiger partial charge is 0.433 e.